The molecular weight excluding hydrogens is 266 g/mol. The molecule has 0 saturated carbocycles. The van der Waals surface area contributed by atoms with Crippen molar-refractivity contribution in [3.63, 3.8) is 0 Å². The van der Waals surface area contributed by atoms with Crippen molar-refractivity contribution in [2.45, 2.75) is 46.3 Å². The Morgan fingerprint density at radius 3 is 2.52 bits per heavy atom. The molecule has 0 N–H and O–H groups in total. The Morgan fingerprint density at radius 1 is 1.24 bits per heavy atom. The molecule has 21 heavy (non-hydrogen) atoms. The Labute approximate surface area is 126 Å². The number of ether oxygens (including phenoxy) is 1. The molecule has 0 aromatic heterocycles. The molecule has 1 aliphatic heterocycles. The van der Waals surface area contributed by atoms with Crippen molar-refractivity contribution in [1.29, 1.82) is 0 Å². The lowest BCUT2D eigenvalue weighted by atomic mass is 9.94. The van der Waals surface area contributed by atoms with E-state index >= 15 is 0 Å². The number of nitrogens with zero attached hydrogens (tertiary/aromatic N) is 1. The van der Waals surface area contributed by atoms with Gasteiger partial charge in [0.15, 0.2) is 0 Å². The third-order valence-electron chi connectivity index (χ3n) is 3.65. The first-order chi connectivity index (χ1) is 9.89. The van der Waals surface area contributed by atoms with Gasteiger partial charge in [0.25, 0.3) is 0 Å². The van der Waals surface area contributed by atoms with Crippen LogP contribution in [0.5, 0.6) is 0 Å². The Bertz CT molecular complexity index is 505. The van der Waals surface area contributed by atoms with Gasteiger partial charge in [-0.15, -0.1) is 0 Å². The standard InChI is InChI=1S/C17H23NO3/c1-17(2,3)16(20)18-11-7-10-14(18)15(19)21-12-13-8-5-4-6-9-13/h4-6,8-9,14H,7,10-12H2,1-3H3. The minimum absolute atomic E-state index is 0.0154. The third kappa shape index (κ3) is 3.84. The molecule has 1 fully saturated rings. The number of hydrogen-bond donors (Lipinski definition) is 0. The average molecular weight is 289 g/mol. The largest absolute Gasteiger partial charge is 0.459 e. The molecule has 4 nitrogen and oxygen atoms in total. The molecule has 1 aromatic rings. The number of benzene rings is 1. The van der Waals surface area contributed by atoms with Crippen molar-refractivity contribution in [2.75, 3.05) is 6.54 Å². The quantitative estimate of drug-likeness (QED) is 0.804. The van der Waals surface area contributed by atoms with Gasteiger partial charge in [-0.2, -0.15) is 0 Å². The summed E-state index contributed by atoms with van der Waals surface area (Å²) in [5, 5.41) is 0. The number of amides is 1. The first-order valence-electron chi connectivity index (χ1n) is 7.41. The van der Waals surface area contributed by atoms with Crippen LogP contribution in [0, 0.1) is 5.41 Å². The van der Waals surface area contributed by atoms with Gasteiger partial charge < -0.3 is 9.64 Å². The van der Waals surface area contributed by atoms with Crippen LogP contribution in [-0.4, -0.2) is 29.4 Å². The fourth-order valence-electron chi connectivity index (χ4n) is 2.51. The highest BCUT2D eigenvalue weighted by Crippen LogP contribution is 2.26. The highest BCUT2D eigenvalue weighted by molar-refractivity contribution is 5.88. The second-order valence-electron chi connectivity index (χ2n) is 6.50. The number of carbonyl (C=O) groups is 2. The number of likely N-dealkylation sites (tertiary alicyclic amines) is 1. The highest BCUT2D eigenvalue weighted by Gasteiger charge is 2.39. The lowest BCUT2D eigenvalue weighted by Crippen LogP contribution is -2.46. The predicted octanol–water partition coefficient (Wildman–Crippen LogP) is 2.77. The topological polar surface area (TPSA) is 46.6 Å². The zero-order chi connectivity index (χ0) is 15.5. The summed E-state index contributed by atoms with van der Waals surface area (Å²) in [5.74, 6) is -0.282. The molecule has 0 bridgehead atoms. The molecule has 1 aliphatic rings. The van der Waals surface area contributed by atoms with Crippen molar-refractivity contribution in [3.8, 4) is 0 Å². The Morgan fingerprint density at radius 2 is 1.90 bits per heavy atom. The minimum Gasteiger partial charge on any atom is -0.459 e. The second-order valence-corrected chi connectivity index (χ2v) is 6.50. The van der Waals surface area contributed by atoms with Crippen molar-refractivity contribution >= 4 is 11.9 Å². The van der Waals surface area contributed by atoms with Gasteiger partial charge in [-0.05, 0) is 18.4 Å². The SMILES string of the molecule is CC(C)(C)C(=O)N1CCCC1C(=O)OCc1ccccc1. The van der Waals surface area contributed by atoms with E-state index in [2.05, 4.69) is 0 Å². The summed E-state index contributed by atoms with van der Waals surface area (Å²) in [6.45, 7) is 6.52. The van der Waals surface area contributed by atoms with Crippen LogP contribution in [-0.2, 0) is 20.9 Å². The van der Waals surface area contributed by atoms with E-state index in [1.54, 1.807) is 4.90 Å². The third-order valence-corrected chi connectivity index (χ3v) is 3.65. The molecule has 114 valence electrons. The van der Waals surface area contributed by atoms with E-state index in [0.29, 0.717) is 13.0 Å². The summed E-state index contributed by atoms with van der Waals surface area (Å²) in [6.07, 6.45) is 1.54. The van der Waals surface area contributed by atoms with Gasteiger partial charge >= 0.3 is 5.97 Å². The van der Waals surface area contributed by atoms with E-state index < -0.39 is 11.5 Å². The summed E-state index contributed by atoms with van der Waals surface area (Å²) in [7, 11) is 0. The van der Waals surface area contributed by atoms with E-state index in [0.717, 1.165) is 12.0 Å². The smallest absolute Gasteiger partial charge is 0.329 e. The zero-order valence-corrected chi connectivity index (χ0v) is 13.0. The van der Waals surface area contributed by atoms with Gasteiger partial charge in [-0.1, -0.05) is 51.1 Å². The lowest BCUT2D eigenvalue weighted by molar-refractivity contribution is -0.157. The first-order valence-corrected chi connectivity index (χ1v) is 7.41. The number of carbonyl (C=O) groups excluding carboxylic acids is 2. The summed E-state index contributed by atoms with van der Waals surface area (Å²) in [5.41, 5.74) is 0.486. The summed E-state index contributed by atoms with van der Waals surface area (Å²) in [6, 6.07) is 9.15. The van der Waals surface area contributed by atoms with Gasteiger partial charge in [-0.25, -0.2) is 4.79 Å². The van der Waals surface area contributed by atoms with Gasteiger partial charge in [0.2, 0.25) is 5.91 Å². The Kier molecular flexibility index (Phi) is 4.66. The zero-order valence-electron chi connectivity index (χ0n) is 13.0. The van der Waals surface area contributed by atoms with Crippen LogP contribution < -0.4 is 0 Å². The predicted molar refractivity (Wildman–Crippen MR) is 80.4 cm³/mol. The monoisotopic (exact) mass is 289 g/mol. The normalized spacial score (nSPS) is 18.6. The van der Waals surface area contributed by atoms with Crippen molar-refractivity contribution < 1.29 is 14.3 Å². The van der Waals surface area contributed by atoms with Crippen molar-refractivity contribution in [1.82, 2.24) is 4.90 Å². The lowest BCUT2D eigenvalue weighted by Gasteiger charge is -2.29. The van der Waals surface area contributed by atoms with Crippen LogP contribution in [0.4, 0.5) is 0 Å². The van der Waals surface area contributed by atoms with Crippen molar-refractivity contribution in [3.05, 3.63) is 35.9 Å². The number of hydrogen-bond acceptors (Lipinski definition) is 3. The van der Waals surface area contributed by atoms with Crippen LogP contribution in [0.1, 0.15) is 39.2 Å². The van der Waals surface area contributed by atoms with Crippen molar-refractivity contribution in [2.24, 2.45) is 5.41 Å². The Balaban J connectivity index is 1.96. The fraction of sp³-hybridized carbons (Fsp3) is 0.529. The molecule has 1 saturated heterocycles. The molecule has 0 radical (unpaired) electrons. The molecule has 0 spiro atoms. The molecule has 2 rings (SSSR count). The van der Waals surface area contributed by atoms with Gasteiger partial charge in [-0.3, -0.25) is 4.79 Å². The second kappa shape index (κ2) is 6.29. The number of esters is 1. The molecule has 0 aliphatic carbocycles. The van der Waals surface area contributed by atoms with E-state index in [4.69, 9.17) is 4.74 Å². The summed E-state index contributed by atoms with van der Waals surface area (Å²) in [4.78, 5) is 26.3. The van der Waals surface area contributed by atoms with Crippen LogP contribution >= 0.6 is 0 Å². The van der Waals surface area contributed by atoms with Gasteiger partial charge in [0.05, 0.1) is 0 Å². The van der Waals surface area contributed by atoms with E-state index in [-0.39, 0.29) is 18.5 Å². The molecule has 1 aromatic carbocycles. The first kappa shape index (κ1) is 15.5. The maximum atomic E-state index is 12.4. The summed E-state index contributed by atoms with van der Waals surface area (Å²) < 4.78 is 5.37. The van der Waals surface area contributed by atoms with Crippen LogP contribution in [0.2, 0.25) is 0 Å². The molecule has 1 unspecified atom stereocenters. The molecular formula is C17H23NO3. The van der Waals surface area contributed by atoms with Gasteiger partial charge in [0, 0.05) is 12.0 Å². The Hall–Kier alpha value is -1.84. The number of rotatable bonds is 3. The summed E-state index contributed by atoms with van der Waals surface area (Å²) >= 11 is 0. The maximum absolute atomic E-state index is 12.4. The highest BCUT2D eigenvalue weighted by atomic mass is 16.5. The average Bonchev–Trinajstić information content (AvgIpc) is 2.93. The molecule has 1 heterocycles. The molecule has 1 atom stereocenters. The fourth-order valence-corrected chi connectivity index (χ4v) is 2.51. The molecule has 4 heteroatoms. The van der Waals surface area contributed by atoms with E-state index in [9.17, 15) is 9.59 Å². The maximum Gasteiger partial charge on any atom is 0.329 e. The minimum atomic E-state index is -0.470. The van der Waals surface area contributed by atoms with Crippen LogP contribution in [0.15, 0.2) is 30.3 Å². The van der Waals surface area contributed by atoms with E-state index in [1.807, 2.05) is 51.1 Å². The molecule has 1 amide bonds. The van der Waals surface area contributed by atoms with Crippen LogP contribution in [0.3, 0.4) is 0 Å². The van der Waals surface area contributed by atoms with Gasteiger partial charge in [0.1, 0.15) is 12.6 Å². The van der Waals surface area contributed by atoms with E-state index in [1.165, 1.54) is 0 Å². The van der Waals surface area contributed by atoms with Crippen LogP contribution in [0.25, 0.3) is 0 Å².